The molecule has 1 heterocycles. The van der Waals surface area contributed by atoms with E-state index >= 15 is 0 Å². The molecule has 2 aliphatic rings. The first kappa shape index (κ1) is 22.9. The molecule has 1 aromatic carbocycles. The summed E-state index contributed by atoms with van der Waals surface area (Å²) in [6, 6.07) is 8.59. The Hall–Kier alpha value is -0.380. The van der Waals surface area contributed by atoms with Crippen molar-refractivity contribution in [1.82, 2.24) is 20.4 Å². The highest BCUT2D eigenvalue weighted by Gasteiger charge is 2.45. The zero-order valence-corrected chi connectivity index (χ0v) is 20.4. The lowest BCUT2D eigenvalue weighted by atomic mass is 9.96. The van der Waals surface area contributed by atoms with Crippen molar-refractivity contribution in [3.05, 3.63) is 34.3 Å². The van der Waals surface area contributed by atoms with Gasteiger partial charge in [0.25, 0.3) is 0 Å². The summed E-state index contributed by atoms with van der Waals surface area (Å²) in [6.45, 7) is 7.68. The molecule has 7 heteroatoms. The molecule has 0 unspecified atom stereocenters. The normalized spacial score (nSPS) is 20.5. The van der Waals surface area contributed by atoms with E-state index in [0.717, 1.165) is 32.1 Å². The van der Waals surface area contributed by atoms with Crippen molar-refractivity contribution in [2.24, 2.45) is 4.99 Å². The third-order valence-corrected chi connectivity index (χ3v) is 6.34. The molecule has 0 atom stereocenters. The second-order valence-corrected chi connectivity index (χ2v) is 8.47. The fourth-order valence-corrected chi connectivity index (χ4v) is 4.42. The third-order valence-electron chi connectivity index (χ3n) is 5.65. The van der Waals surface area contributed by atoms with Crippen LogP contribution in [0.3, 0.4) is 0 Å². The van der Waals surface area contributed by atoms with Gasteiger partial charge in [-0.3, -0.25) is 4.99 Å². The summed E-state index contributed by atoms with van der Waals surface area (Å²) in [6.07, 6.45) is 3.74. The van der Waals surface area contributed by atoms with Crippen LogP contribution in [-0.2, 0) is 5.41 Å². The standard InChI is InChI=1S/C20H32BrN5.HI/c1-22-19(23-10-13-26-12-5-11-25(2)14-15-26)24-16-20(8-9-20)17-6-3-4-7-18(17)21;/h3-4,6-7H,5,8-16H2,1-2H3,(H2,22,23,24);1H. The second-order valence-electron chi connectivity index (χ2n) is 7.61. The Bertz CT molecular complexity index is 620. The van der Waals surface area contributed by atoms with Gasteiger partial charge in [-0.05, 0) is 51.0 Å². The molecule has 27 heavy (non-hydrogen) atoms. The van der Waals surface area contributed by atoms with Crippen LogP contribution in [0.1, 0.15) is 24.8 Å². The molecule has 1 aromatic rings. The highest BCUT2D eigenvalue weighted by Crippen LogP contribution is 2.49. The number of hydrogen-bond acceptors (Lipinski definition) is 3. The molecule has 1 aliphatic heterocycles. The van der Waals surface area contributed by atoms with Crippen LogP contribution in [0.4, 0.5) is 0 Å². The monoisotopic (exact) mass is 549 g/mol. The molecule has 1 saturated heterocycles. The summed E-state index contributed by atoms with van der Waals surface area (Å²) >= 11 is 3.71. The van der Waals surface area contributed by atoms with Crippen LogP contribution in [0.15, 0.2) is 33.7 Å². The maximum atomic E-state index is 4.40. The number of hydrogen-bond donors (Lipinski definition) is 2. The van der Waals surface area contributed by atoms with Crippen molar-refractivity contribution in [1.29, 1.82) is 0 Å². The van der Waals surface area contributed by atoms with Gasteiger partial charge in [-0.1, -0.05) is 34.1 Å². The average Bonchev–Trinajstić information content (AvgIpc) is 3.45. The zero-order valence-electron chi connectivity index (χ0n) is 16.5. The van der Waals surface area contributed by atoms with E-state index in [4.69, 9.17) is 0 Å². The molecule has 0 bridgehead atoms. The van der Waals surface area contributed by atoms with E-state index in [1.54, 1.807) is 0 Å². The average molecular weight is 550 g/mol. The summed E-state index contributed by atoms with van der Waals surface area (Å²) in [7, 11) is 4.07. The van der Waals surface area contributed by atoms with Crippen molar-refractivity contribution in [2.45, 2.75) is 24.7 Å². The molecular weight excluding hydrogens is 517 g/mol. The fourth-order valence-electron chi connectivity index (χ4n) is 3.71. The summed E-state index contributed by atoms with van der Waals surface area (Å²) in [5.41, 5.74) is 1.67. The second kappa shape index (κ2) is 11.0. The number of aliphatic imine (C=N–C) groups is 1. The Kier molecular flexibility index (Phi) is 9.31. The minimum absolute atomic E-state index is 0. The van der Waals surface area contributed by atoms with Crippen LogP contribution in [0.5, 0.6) is 0 Å². The van der Waals surface area contributed by atoms with Crippen LogP contribution in [0.25, 0.3) is 0 Å². The van der Waals surface area contributed by atoms with Crippen LogP contribution in [-0.4, -0.2) is 75.7 Å². The molecule has 0 amide bonds. The van der Waals surface area contributed by atoms with Gasteiger partial charge < -0.3 is 20.4 Å². The van der Waals surface area contributed by atoms with E-state index in [0.29, 0.717) is 0 Å². The summed E-state index contributed by atoms with van der Waals surface area (Å²) < 4.78 is 1.22. The van der Waals surface area contributed by atoms with Gasteiger partial charge in [-0.25, -0.2) is 0 Å². The van der Waals surface area contributed by atoms with Gasteiger partial charge in [0.15, 0.2) is 5.96 Å². The van der Waals surface area contributed by atoms with Gasteiger partial charge in [-0.2, -0.15) is 0 Å². The smallest absolute Gasteiger partial charge is 0.191 e. The Labute approximate surface area is 189 Å². The van der Waals surface area contributed by atoms with Gasteiger partial charge in [-0.15, -0.1) is 24.0 Å². The number of rotatable bonds is 6. The first-order valence-electron chi connectivity index (χ1n) is 9.73. The van der Waals surface area contributed by atoms with Crippen molar-refractivity contribution in [2.75, 3.05) is 59.9 Å². The SMILES string of the molecule is CN=C(NCCN1CCCN(C)CC1)NCC1(c2ccccc2Br)CC1.I. The van der Waals surface area contributed by atoms with Gasteiger partial charge in [0, 0.05) is 49.7 Å². The predicted octanol–water partition coefficient (Wildman–Crippen LogP) is 2.90. The van der Waals surface area contributed by atoms with Gasteiger partial charge in [0.1, 0.15) is 0 Å². The van der Waals surface area contributed by atoms with E-state index in [1.807, 2.05) is 7.05 Å². The first-order chi connectivity index (χ1) is 12.6. The van der Waals surface area contributed by atoms with E-state index in [9.17, 15) is 0 Å². The van der Waals surface area contributed by atoms with Crippen molar-refractivity contribution in [3.8, 4) is 0 Å². The minimum atomic E-state index is 0. The topological polar surface area (TPSA) is 42.9 Å². The number of likely N-dealkylation sites (N-methyl/N-ethyl adjacent to an activating group) is 1. The maximum Gasteiger partial charge on any atom is 0.191 e. The number of nitrogens with one attached hydrogen (secondary N) is 2. The summed E-state index contributed by atoms with van der Waals surface area (Å²) in [4.78, 5) is 9.37. The van der Waals surface area contributed by atoms with E-state index < -0.39 is 0 Å². The van der Waals surface area contributed by atoms with Crippen molar-refractivity contribution in [3.63, 3.8) is 0 Å². The maximum absolute atomic E-state index is 4.40. The number of guanidine groups is 1. The Morgan fingerprint density at radius 2 is 1.93 bits per heavy atom. The minimum Gasteiger partial charge on any atom is -0.356 e. The van der Waals surface area contributed by atoms with Crippen LogP contribution in [0.2, 0.25) is 0 Å². The molecule has 1 aliphatic carbocycles. The zero-order chi connectivity index (χ0) is 18.4. The van der Waals surface area contributed by atoms with E-state index in [-0.39, 0.29) is 29.4 Å². The highest BCUT2D eigenvalue weighted by molar-refractivity contribution is 14.0. The van der Waals surface area contributed by atoms with Crippen LogP contribution in [0, 0.1) is 0 Å². The lowest BCUT2D eigenvalue weighted by Gasteiger charge is -2.22. The lowest BCUT2D eigenvalue weighted by Crippen LogP contribution is -2.44. The number of nitrogens with zero attached hydrogens (tertiary/aromatic N) is 3. The Balaban J connectivity index is 0.00000261. The van der Waals surface area contributed by atoms with Gasteiger partial charge in [0.2, 0.25) is 0 Å². The molecule has 0 aromatic heterocycles. The van der Waals surface area contributed by atoms with Crippen molar-refractivity contribution < 1.29 is 0 Å². The van der Waals surface area contributed by atoms with E-state index in [1.165, 1.54) is 48.9 Å². The quantitative estimate of drug-likeness (QED) is 0.325. The molecule has 3 rings (SSSR count). The molecule has 2 N–H and O–H groups in total. The third kappa shape index (κ3) is 6.58. The van der Waals surface area contributed by atoms with Crippen LogP contribution < -0.4 is 10.6 Å². The molecule has 152 valence electrons. The molecule has 0 spiro atoms. The fraction of sp³-hybridized carbons (Fsp3) is 0.650. The van der Waals surface area contributed by atoms with Gasteiger partial charge in [0.05, 0.1) is 0 Å². The predicted molar refractivity (Wildman–Crippen MR) is 128 cm³/mol. The summed E-state index contributed by atoms with van der Waals surface area (Å²) in [5.74, 6) is 0.912. The van der Waals surface area contributed by atoms with E-state index in [2.05, 4.69) is 72.7 Å². The molecule has 5 nitrogen and oxygen atoms in total. The Morgan fingerprint density at radius 3 is 2.63 bits per heavy atom. The van der Waals surface area contributed by atoms with Crippen molar-refractivity contribution >= 4 is 45.9 Å². The summed E-state index contributed by atoms with van der Waals surface area (Å²) in [5, 5.41) is 7.03. The molecule has 2 fully saturated rings. The largest absolute Gasteiger partial charge is 0.356 e. The molecule has 0 radical (unpaired) electrons. The number of benzene rings is 1. The lowest BCUT2D eigenvalue weighted by molar-refractivity contribution is 0.280. The van der Waals surface area contributed by atoms with Crippen LogP contribution >= 0.6 is 39.9 Å². The Morgan fingerprint density at radius 1 is 1.15 bits per heavy atom. The highest BCUT2D eigenvalue weighted by atomic mass is 127. The van der Waals surface area contributed by atoms with Gasteiger partial charge >= 0.3 is 0 Å². The molecule has 1 saturated carbocycles. The first-order valence-corrected chi connectivity index (χ1v) is 10.5. The number of halogens is 2. The molecular formula is C20H33BrIN5.